The van der Waals surface area contributed by atoms with E-state index in [1.807, 2.05) is 36.1 Å². The van der Waals surface area contributed by atoms with Crippen molar-refractivity contribution in [2.75, 3.05) is 49.1 Å². The number of piperazine rings is 1. The second-order valence-electron chi connectivity index (χ2n) is 7.12. The van der Waals surface area contributed by atoms with Gasteiger partial charge in [-0.05, 0) is 54.5 Å². The molecule has 6 nitrogen and oxygen atoms in total. The van der Waals surface area contributed by atoms with E-state index in [1.54, 1.807) is 0 Å². The molecular weight excluding hydrogens is 453 g/mol. The molecule has 1 aromatic heterocycles. The third-order valence-electron chi connectivity index (χ3n) is 5.21. The molecule has 27 heavy (non-hydrogen) atoms. The number of rotatable bonds is 3. The summed E-state index contributed by atoms with van der Waals surface area (Å²) in [5.41, 5.74) is 1.79. The lowest BCUT2D eigenvalue weighted by Crippen LogP contribution is -2.49. The average Bonchev–Trinajstić information content (AvgIpc) is 3.22. The van der Waals surface area contributed by atoms with Gasteiger partial charge in [-0.25, -0.2) is 4.98 Å². The minimum Gasteiger partial charge on any atom is -0.353 e. The number of hydrogen-bond acceptors (Lipinski definition) is 5. The van der Waals surface area contributed by atoms with E-state index in [-0.39, 0.29) is 5.91 Å². The van der Waals surface area contributed by atoms with Gasteiger partial charge in [-0.2, -0.15) is 4.98 Å². The molecule has 0 atom stereocenters. The lowest BCUT2D eigenvalue weighted by atomic mass is 10.2. The fraction of sp³-hybridized carbons (Fsp3) is 0.450. The Bertz CT molecular complexity index is 829. The van der Waals surface area contributed by atoms with Crippen molar-refractivity contribution in [3.63, 3.8) is 0 Å². The van der Waals surface area contributed by atoms with Gasteiger partial charge in [0, 0.05) is 54.6 Å². The predicted molar refractivity (Wildman–Crippen MR) is 115 cm³/mol. The van der Waals surface area contributed by atoms with Crippen LogP contribution in [0.25, 0.3) is 0 Å². The summed E-state index contributed by atoms with van der Waals surface area (Å²) >= 11 is 2.23. The van der Waals surface area contributed by atoms with Gasteiger partial charge in [0.15, 0.2) is 0 Å². The highest BCUT2D eigenvalue weighted by Gasteiger charge is 2.25. The molecule has 4 rings (SSSR count). The van der Waals surface area contributed by atoms with Crippen molar-refractivity contribution in [3.05, 3.63) is 45.2 Å². The zero-order chi connectivity index (χ0) is 18.8. The molecule has 2 fully saturated rings. The Morgan fingerprint density at radius 2 is 1.67 bits per heavy atom. The first-order chi connectivity index (χ1) is 13.1. The first kappa shape index (κ1) is 18.5. The number of aromatic nitrogens is 2. The monoisotopic (exact) mass is 477 g/mol. The minimum absolute atomic E-state index is 0.122. The second kappa shape index (κ2) is 8.00. The summed E-state index contributed by atoms with van der Waals surface area (Å²) < 4.78 is 1.00. The molecule has 1 aromatic carbocycles. The molecule has 0 saturated carbocycles. The van der Waals surface area contributed by atoms with Crippen molar-refractivity contribution >= 4 is 40.3 Å². The molecule has 7 heteroatoms. The van der Waals surface area contributed by atoms with E-state index < -0.39 is 0 Å². The van der Waals surface area contributed by atoms with Crippen molar-refractivity contribution in [2.24, 2.45) is 0 Å². The molecule has 2 aliphatic heterocycles. The topological polar surface area (TPSA) is 52.6 Å². The van der Waals surface area contributed by atoms with Gasteiger partial charge < -0.3 is 14.7 Å². The number of nitrogens with zero attached hydrogens (tertiary/aromatic N) is 5. The molecule has 2 saturated heterocycles. The normalized spacial score (nSPS) is 17.5. The molecule has 3 heterocycles. The summed E-state index contributed by atoms with van der Waals surface area (Å²) in [5.74, 6) is 1.95. The fourth-order valence-electron chi connectivity index (χ4n) is 3.70. The van der Waals surface area contributed by atoms with Gasteiger partial charge in [-0.3, -0.25) is 4.79 Å². The summed E-state index contributed by atoms with van der Waals surface area (Å²) in [5, 5.41) is 0. The van der Waals surface area contributed by atoms with Crippen LogP contribution in [0.15, 0.2) is 30.3 Å². The van der Waals surface area contributed by atoms with Crippen LogP contribution < -0.4 is 9.80 Å². The van der Waals surface area contributed by atoms with Crippen LogP contribution in [0.1, 0.15) is 28.9 Å². The first-order valence-corrected chi connectivity index (χ1v) is 10.6. The van der Waals surface area contributed by atoms with Crippen molar-refractivity contribution in [3.8, 4) is 0 Å². The van der Waals surface area contributed by atoms with E-state index in [0.29, 0.717) is 13.1 Å². The highest BCUT2D eigenvalue weighted by molar-refractivity contribution is 14.1. The summed E-state index contributed by atoms with van der Waals surface area (Å²) in [4.78, 5) is 28.8. The van der Waals surface area contributed by atoms with E-state index in [1.165, 1.54) is 12.8 Å². The third-order valence-corrected chi connectivity index (χ3v) is 6.15. The second-order valence-corrected chi connectivity index (χ2v) is 8.28. The van der Waals surface area contributed by atoms with Gasteiger partial charge >= 0.3 is 0 Å². The molecule has 0 aliphatic carbocycles. The molecule has 0 N–H and O–H groups in total. The molecule has 2 aliphatic rings. The number of anilines is 2. The van der Waals surface area contributed by atoms with Gasteiger partial charge in [0.1, 0.15) is 5.82 Å². The van der Waals surface area contributed by atoms with Crippen molar-refractivity contribution in [1.82, 2.24) is 14.9 Å². The predicted octanol–water partition coefficient (Wildman–Crippen LogP) is 2.95. The number of hydrogen-bond donors (Lipinski definition) is 0. The maximum atomic E-state index is 12.8. The maximum absolute atomic E-state index is 12.8. The molecule has 142 valence electrons. The van der Waals surface area contributed by atoms with Crippen LogP contribution in [0.2, 0.25) is 0 Å². The van der Waals surface area contributed by atoms with Crippen LogP contribution in [0.4, 0.5) is 11.8 Å². The number of carbonyl (C=O) groups is 1. The zero-order valence-corrected chi connectivity index (χ0v) is 17.7. The minimum atomic E-state index is 0.122. The number of aryl methyl sites for hydroxylation is 1. The molecule has 0 unspecified atom stereocenters. The van der Waals surface area contributed by atoms with Crippen molar-refractivity contribution in [1.29, 1.82) is 0 Å². The van der Waals surface area contributed by atoms with E-state index >= 15 is 0 Å². The zero-order valence-electron chi connectivity index (χ0n) is 15.6. The van der Waals surface area contributed by atoms with Crippen LogP contribution in [-0.4, -0.2) is 60.0 Å². The number of carbonyl (C=O) groups excluding carboxylic acids is 1. The lowest BCUT2D eigenvalue weighted by molar-refractivity contribution is 0.0745. The smallest absolute Gasteiger partial charge is 0.255 e. The summed E-state index contributed by atoms with van der Waals surface area (Å²) in [6, 6.07) is 9.83. The summed E-state index contributed by atoms with van der Waals surface area (Å²) in [7, 11) is 0. The first-order valence-electron chi connectivity index (χ1n) is 9.51. The van der Waals surface area contributed by atoms with Crippen LogP contribution in [0.5, 0.6) is 0 Å². The van der Waals surface area contributed by atoms with Crippen LogP contribution >= 0.6 is 22.6 Å². The number of halogens is 1. The van der Waals surface area contributed by atoms with Crippen molar-refractivity contribution in [2.45, 2.75) is 19.8 Å². The molecule has 0 spiro atoms. The largest absolute Gasteiger partial charge is 0.353 e. The molecule has 2 aromatic rings. The Kier molecular flexibility index (Phi) is 5.47. The van der Waals surface area contributed by atoms with E-state index in [0.717, 1.165) is 52.8 Å². The fourth-order valence-corrected chi connectivity index (χ4v) is 4.32. The van der Waals surface area contributed by atoms with Gasteiger partial charge in [-0.15, -0.1) is 0 Å². The highest BCUT2D eigenvalue weighted by atomic mass is 127. The summed E-state index contributed by atoms with van der Waals surface area (Å²) in [6.07, 6.45) is 2.43. The van der Waals surface area contributed by atoms with Crippen molar-refractivity contribution < 1.29 is 4.79 Å². The molecular formula is C20H24IN5O. The Labute approximate surface area is 173 Å². The van der Waals surface area contributed by atoms with Gasteiger partial charge in [0.25, 0.3) is 5.91 Å². The molecule has 1 amide bonds. The van der Waals surface area contributed by atoms with Gasteiger partial charge in [0.05, 0.1) is 5.56 Å². The van der Waals surface area contributed by atoms with E-state index in [2.05, 4.69) is 43.4 Å². The van der Waals surface area contributed by atoms with Crippen LogP contribution in [0.3, 0.4) is 0 Å². The number of benzene rings is 1. The Morgan fingerprint density at radius 3 is 2.37 bits per heavy atom. The molecule has 0 radical (unpaired) electrons. The Morgan fingerprint density at radius 1 is 0.963 bits per heavy atom. The third kappa shape index (κ3) is 4.02. The van der Waals surface area contributed by atoms with Crippen LogP contribution in [0, 0.1) is 10.5 Å². The standard InChI is InChI=1S/C20H24IN5O/c1-15-14-18(23-20(22-15)26-8-4-5-9-26)24-10-12-25(13-11-24)19(27)16-6-2-3-7-17(16)21/h2-3,6-7,14H,4-5,8-13H2,1H3. The Hall–Kier alpha value is -1.90. The molecule has 0 bridgehead atoms. The van der Waals surface area contributed by atoms with Gasteiger partial charge in [0.2, 0.25) is 5.95 Å². The summed E-state index contributed by atoms with van der Waals surface area (Å²) in [6.45, 7) is 7.14. The number of amides is 1. The van der Waals surface area contributed by atoms with Crippen LogP contribution in [-0.2, 0) is 0 Å². The Balaban J connectivity index is 1.45. The van der Waals surface area contributed by atoms with Gasteiger partial charge in [-0.1, -0.05) is 12.1 Å². The SMILES string of the molecule is Cc1cc(N2CCN(C(=O)c3ccccc3I)CC2)nc(N2CCCC2)n1. The lowest BCUT2D eigenvalue weighted by Gasteiger charge is -2.36. The maximum Gasteiger partial charge on any atom is 0.255 e. The average molecular weight is 477 g/mol. The quantitative estimate of drug-likeness (QED) is 0.637. The van der Waals surface area contributed by atoms with E-state index in [9.17, 15) is 4.79 Å². The highest BCUT2D eigenvalue weighted by Crippen LogP contribution is 2.22. The van der Waals surface area contributed by atoms with E-state index in [4.69, 9.17) is 4.98 Å².